The third-order valence-corrected chi connectivity index (χ3v) is 2.75. The fourth-order valence-electron chi connectivity index (χ4n) is 1.73. The van der Waals surface area contributed by atoms with E-state index in [1.807, 2.05) is 0 Å². The van der Waals surface area contributed by atoms with Crippen LogP contribution in [0.1, 0.15) is 20.8 Å². The Hall–Kier alpha value is -1.27. The first-order valence-corrected chi connectivity index (χ1v) is 4.72. The van der Waals surface area contributed by atoms with Crippen molar-refractivity contribution in [2.24, 2.45) is 0 Å². The van der Waals surface area contributed by atoms with Crippen molar-refractivity contribution in [1.82, 2.24) is 4.90 Å². The molecule has 2 atom stereocenters. The summed E-state index contributed by atoms with van der Waals surface area (Å²) in [5.41, 5.74) is 0. The van der Waals surface area contributed by atoms with Crippen molar-refractivity contribution in [3.8, 4) is 0 Å². The first kappa shape index (κ1) is 11.8. The Balaban J connectivity index is 2.96. The van der Waals surface area contributed by atoms with E-state index in [2.05, 4.69) is 0 Å². The molecule has 0 radical (unpaired) electrons. The van der Waals surface area contributed by atoms with Crippen LogP contribution < -0.4 is 0 Å². The van der Waals surface area contributed by atoms with Gasteiger partial charge in [0.15, 0.2) is 0 Å². The SMILES string of the molecule is CC(=O)N1CC[N+]([O-])(C(C)=O)C(=O)C1C. The van der Waals surface area contributed by atoms with Gasteiger partial charge in [-0.25, -0.2) is 14.2 Å². The van der Waals surface area contributed by atoms with Crippen LogP contribution in [0.4, 0.5) is 0 Å². The largest absolute Gasteiger partial charge is 0.617 e. The Morgan fingerprint density at radius 2 is 2.00 bits per heavy atom. The van der Waals surface area contributed by atoms with E-state index in [0.29, 0.717) is 0 Å². The highest BCUT2D eigenvalue weighted by Crippen LogP contribution is 2.18. The average Bonchev–Trinajstić information content (AvgIpc) is 2.13. The van der Waals surface area contributed by atoms with Gasteiger partial charge < -0.3 is 10.1 Å². The summed E-state index contributed by atoms with van der Waals surface area (Å²) in [5, 5.41) is 11.8. The van der Waals surface area contributed by atoms with Crippen molar-refractivity contribution in [2.45, 2.75) is 26.8 Å². The first-order valence-electron chi connectivity index (χ1n) is 4.72. The van der Waals surface area contributed by atoms with E-state index in [0.717, 1.165) is 6.92 Å². The standard InChI is InChI=1S/C9H14N2O4/c1-6-9(14)11(15,8(3)13)5-4-10(6)7(2)12/h6H,4-5H2,1-3H3. The smallest absolute Gasteiger partial charge is 0.343 e. The fraction of sp³-hybridized carbons (Fsp3) is 0.667. The van der Waals surface area contributed by atoms with E-state index in [1.54, 1.807) is 0 Å². The zero-order valence-corrected chi connectivity index (χ0v) is 9.02. The quantitative estimate of drug-likeness (QED) is 0.407. The molecular formula is C9H14N2O4. The minimum absolute atomic E-state index is 0.144. The summed E-state index contributed by atoms with van der Waals surface area (Å²) in [6.07, 6.45) is 0. The molecule has 6 nitrogen and oxygen atoms in total. The van der Waals surface area contributed by atoms with Crippen molar-refractivity contribution in [2.75, 3.05) is 13.1 Å². The number of hydroxylamine groups is 3. The number of imide groups is 1. The van der Waals surface area contributed by atoms with Crippen LogP contribution in [-0.4, -0.2) is 46.4 Å². The molecule has 0 N–H and O–H groups in total. The van der Waals surface area contributed by atoms with Crippen molar-refractivity contribution in [1.29, 1.82) is 0 Å². The van der Waals surface area contributed by atoms with E-state index in [4.69, 9.17) is 0 Å². The van der Waals surface area contributed by atoms with Crippen LogP contribution >= 0.6 is 0 Å². The molecule has 0 aromatic heterocycles. The van der Waals surface area contributed by atoms with Crippen LogP contribution in [0.3, 0.4) is 0 Å². The molecule has 6 heteroatoms. The molecule has 2 unspecified atom stereocenters. The molecule has 3 amide bonds. The maximum Gasteiger partial charge on any atom is 0.343 e. The number of carbonyl (C=O) groups excluding carboxylic acids is 3. The third kappa shape index (κ3) is 1.78. The van der Waals surface area contributed by atoms with Gasteiger partial charge >= 0.3 is 11.8 Å². The van der Waals surface area contributed by atoms with E-state index >= 15 is 0 Å². The van der Waals surface area contributed by atoms with Gasteiger partial charge in [-0.1, -0.05) is 0 Å². The van der Waals surface area contributed by atoms with Crippen molar-refractivity contribution in [3.63, 3.8) is 0 Å². The van der Waals surface area contributed by atoms with Crippen LogP contribution in [0, 0.1) is 5.21 Å². The molecule has 0 saturated carbocycles. The zero-order valence-electron chi connectivity index (χ0n) is 9.02. The second kappa shape index (κ2) is 3.71. The maximum absolute atomic E-state index is 11.8. The van der Waals surface area contributed by atoms with Gasteiger partial charge in [0.2, 0.25) is 5.91 Å². The van der Waals surface area contributed by atoms with Crippen LogP contribution in [0.15, 0.2) is 0 Å². The minimum atomic E-state index is -1.45. The highest BCUT2D eigenvalue weighted by atomic mass is 16.6. The molecule has 1 aliphatic rings. The summed E-state index contributed by atoms with van der Waals surface area (Å²) < 4.78 is -1.45. The molecule has 1 rings (SSSR count). The van der Waals surface area contributed by atoms with Gasteiger partial charge in [-0.05, 0) is 6.92 Å². The van der Waals surface area contributed by atoms with Crippen molar-refractivity contribution >= 4 is 17.7 Å². The van der Waals surface area contributed by atoms with E-state index in [9.17, 15) is 19.6 Å². The lowest BCUT2D eigenvalue weighted by Gasteiger charge is -2.45. The zero-order chi connectivity index (χ0) is 11.8. The summed E-state index contributed by atoms with van der Waals surface area (Å²) in [5.74, 6) is -1.75. The molecule has 1 saturated heterocycles. The van der Waals surface area contributed by atoms with Gasteiger partial charge in [-0.2, -0.15) is 0 Å². The number of rotatable bonds is 0. The van der Waals surface area contributed by atoms with Crippen molar-refractivity contribution < 1.29 is 19.0 Å². The van der Waals surface area contributed by atoms with Crippen LogP contribution in [0.2, 0.25) is 0 Å². The number of hydrogen-bond donors (Lipinski definition) is 0. The van der Waals surface area contributed by atoms with Gasteiger partial charge in [-0.15, -0.1) is 0 Å². The number of amides is 3. The van der Waals surface area contributed by atoms with Gasteiger partial charge in [-0.3, -0.25) is 4.79 Å². The lowest BCUT2D eigenvalue weighted by Crippen LogP contribution is -2.66. The summed E-state index contributed by atoms with van der Waals surface area (Å²) >= 11 is 0. The Bertz CT molecular complexity index is 328. The minimum Gasteiger partial charge on any atom is -0.617 e. The molecule has 0 bridgehead atoms. The topological polar surface area (TPSA) is 77.5 Å². The number of hydrogen-bond acceptors (Lipinski definition) is 4. The van der Waals surface area contributed by atoms with Crippen LogP contribution in [0.25, 0.3) is 0 Å². The average molecular weight is 214 g/mol. The molecule has 1 fully saturated rings. The van der Waals surface area contributed by atoms with Gasteiger partial charge in [0.25, 0.3) is 0 Å². The third-order valence-electron chi connectivity index (χ3n) is 2.75. The normalized spacial score (nSPS) is 31.6. The highest BCUT2D eigenvalue weighted by molar-refractivity contribution is 5.90. The summed E-state index contributed by atoms with van der Waals surface area (Å²) in [6.45, 7) is 3.86. The molecule has 15 heavy (non-hydrogen) atoms. The van der Waals surface area contributed by atoms with E-state index < -0.39 is 22.5 Å². The van der Waals surface area contributed by atoms with Gasteiger partial charge in [0.1, 0.15) is 12.6 Å². The summed E-state index contributed by atoms with van der Waals surface area (Å²) in [6, 6.07) is -0.822. The monoisotopic (exact) mass is 214 g/mol. The second-order valence-corrected chi connectivity index (χ2v) is 3.71. The van der Waals surface area contributed by atoms with Crippen molar-refractivity contribution in [3.05, 3.63) is 5.21 Å². The lowest BCUT2D eigenvalue weighted by molar-refractivity contribution is -0.731. The molecule has 0 aromatic carbocycles. The number of nitrogens with zero attached hydrogens (tertiary/aromatic N) is 2. The molecule has 0 aliphatic carbocycles. The Kier molecular flexibility index (Phi) is 2.92. The van der Waals surface area contributed by atoms with Crippen LogP contribution in [0.5, 0.6) is 0 Å². The maximum atomic E-state index is 11.8. The van der Waals surface area contributed by atoms with E-state index in [-0.39, 0.29) is 19.0 Å². The molecule has 84 valence electrons. The Labute approximate surface area is 87.6 Å². The number of piperazine rings is 1. The highest BCUT2D eigenvalue weighted by Gasteiger charge is 2.44. The summed E-state index contributed by atoms with van der Waals surface area (Å²) in [7, 11) is 0. The molecule has 0 aromatic rings. The van der Waals surface area contributed by atoms with Crippen LogP contribution in [-0.2, 0) is 14.4 Å². The molecular weight excluding hydrogens is 200 g/mol. The Morgan fingerprint density at radius 3 is 2.40 bits per heavy atom. The van der Waals surface area contributed by atoms with Gasteiger partial charge in [0, 0.05) is 6.92 Å². The number of quaternary nitrogens is 1. The summed E-state index contributed by atoms with van der Waals surface area (Å²) in [4.78, 5) is 35.2. The molecule has 1 aliphatic heterocycles. The number of carbonyl (C=O) groups is 3. The van der Waals surface area contributed by atoms with E-state index in [1.165, 1.54) is 18.7 Å². The Morgan fingerprint density at radius 1 is 1.47 bits per heavy atom. The molecule has 0 spiro atoms. The second-order valence-electron chi connectivity index (χ2n) is 3.71. The fourth-order valence-corrected chi connectivity index (χ4v) is 1.73. The van der Waals surface area contributed by atoms with Gasteiger partial charge in [0.05, 0.1) is 13.5 Å². The predicted molar refractivity (Wildman–Crippen MR) is 51.0 cm³/mol. The lowest BCUT2D eigenvalue weighted by atomic mass is 10.1. The predicted octanol–water partition coefficient (Wildman–Crippen LogP) is -0.375. The first-order chi connectivity index (χ1) is 6.80. The molecule has 1 heterocycles.